The second-order valence-electron chi connectivity index (χ2n) is 27.3. The molecule has 0 bridgehead atoms. The summed E-state index contributed by atoms with van der Waals surface area (Å²) >= 11 is 0. The first-order chi connectivity index (χ1) is 31.4. The highest BCUT2D eigenvalue weighted by Crippen LogP contribution is 2.65. The van der Waals surface area contributed by atoms with Gasteiger partial charge < -0.3 is 14.4 Å². The maximum atomic E-state index is 2.99. The summed E-state index contributed by atoms with van der Waals surface area (Å²) in [5, 5.41) is 1.45. The van der Waals surface area contributed by atoms with Crippen molar-refractivity contribution in [3.63, 3.8) is 0 Å². The number of benzene rings is 5. The quantitative estimate of drug-likeness (QED) is 0.152. The Morgan fingerprint density at radius 1 is 0.507 bits per heavy atom. The third kappa shape index (κ3) is 4.92. The smallest absolute Gasteiger partial charge is 0.252 e. The predicted octanol–water partition coefficient (Wildman–Crippen LogP) is 14.5. The number of hydrogen-bond donors (Lipinski definition) is 0. The van der Waals surface area contributed by atoms with Crippen LogP contribution in [0, 0.1) is 0 Å². The van der Waals surface area contributed by atoms with Crippen LogP contribution < -0.4 is 26.2 Å². The van der Waals surface area contributed by atoms with Gasteiger partial charge in [0.05, 0.1) is 16.8 Å². The molecule has 5 aromatic carbocycles. The molecular formula is C63H74BN3. The van der Waals surface area contributed by atoms with Crippen molar-refractivity contribution >= 4 is 56.8 Å². The Hall–Kier alpha value is -4.70. The summed E-state index contributed by atoms with van der Waals surface area (Å²) < 4.78 is 2.83. The van der Waals surface area contributed by atoms with Gasteiger partial charge >= 0.3 is 0 Å². The van der Waals surface area contributed by atoms with Crippen LogP contribution in [-0.2, 0) is 32.5 Å². The number of nitrogens with zero attached hydrogens (tertiary/aromatic N) is 3. The first-order valence-corrected chi connectivity index (χ1v) is 26.3. The van der Waals surface area contributed by atoms with Crippen LogP contribution in [0.25, 0.3) is 27.8 Å². The molecule has 6 aromatic rings. The molecule has 2 saturated carbocycles. The third-order valence-corrected chi connectivity index (χ3v) is 20.3. The Bertz CT molecular complexity index is 3210. The minimum atomic E-state index is -0.154. The van der Waals surface area contributed by atoms with Crippen LogP contribution >= 0.6 is 0 Å². The second-order valence-corrected chi connectivity index (χ2v) is 27.3. The van der Waals surface area contributed by atoms with E-state index in [4.69, 9.17) is 0 Å². The number of aromatic nitrogens is 1. The molecule has 4 atom stereocenters. The van der Waals surface area contributed by atoms with Crippen LogP contribution in [-0.4, -0.2) is 22.4 Å². The maximum absolute atomic E-state index is 2.99. The summed E-state index contributed by atoms with van der Waals surface area (Å²) in [7, 11) is 0. The molecule has 0 radical (unpaired) electrons. The molecular weight excluding hydrogens is 810 g/mol. The highest BCUT2D eigenvalue weighted by Gasteiger charge is 2.63. The Kier molecular flexibility index (Phi) is 7.94. The molecule has 2 fully saturated rings. The van der Waals surface area contributed by atoms with Gasteiger partial charge in [-0.25, -0.2) is 0 Å². The van der Waals surface area contributed by atoms with Crippen molar-refractivity contribution in [1.29, 1.82) is 0 Å². The number of rotatable bonds is 1. The Morgan fingerprint density at radius 2 is 1.07 bits per heavy atom. The Balaban J connectivity index is 1.22. The van der Waals surface area contributed by atoms with Crippen molar-refractivity contribution in [3.8, 4) is 16.9 Å². The summed E-state index contributed by atoms with van der Waals surface area (Å²) in [6.07, 6.45) is 9.92. The van der Waals surface area contributed by atoms with Gasteiger partial charge in [0, 0.05) is 61.1 Å². The molecule has 13 rings (SSSR count). The first kappa shape index (κ1) is 42.4. The fourth-order valence-electron chi connectivity index (χ4n) is 16.0. The van der Waals surface area contributed by atoms with E-state index in [-0.39, 0.29) is 50.3 Å². The molecule has 0 saturated heterocycles. The third-order valence-electron chi connectivity index (χ3n) is 20.3. The molecule has 67 heavy (non-hydrogen) atoms. The number of hydrogen-bond acceptors (Lipinski definition) is 2. The molecule has 0 amide bonds. The SMILES string of the molecule is CC(C)(C)c1ccc2c(c1)C1(C)CCCCC1(C)N2c1cc2c3c(c1)-n1c4c(c5cc(C(C)(C)C)cc(c51)B3c1cc(C(C)(C)C)cc3c1N2C1(C)CCCCC31C)C(C)(C)c1ccccc1-4. The molecule has 7 aliphatic rings. The van der Waals surface area contributed by atoms with Crippen LogP contribution in [0.15, 0.2) is 78.9 Å². The van der Waals surface area contributed by atoms with E-state index in [1.54, 1.807) is 11.1 Å². The van der Waals surface area contributed by atoms with Gasteiger partial charge in [-0.2, -0.15) is 0 Å². The van der Waals surface area contributed by atoms with Crippen molar-refractivity contribution in [2.24, 2.45) is 0 Å². The molecule has 4 unspecified atom stereocenters. The largest absolute Gasteiger partial charge is 0.335 e. The summed E-state index contributed by atoms with van der Waals surface area (Å²) in [4.78, 5) is 5.88. The molecule has 344 valence electrons. The standard InChI is InChI=1S/C63H74BN3/c1-56(2,3)37-24-25-48-44(31-37)60(12)26-18-20-28-62(60,14)66(48)40-35-49-52-50(36-40)67-55-45(61(13)27-19-21-29-63(61,67)15)32-39(58(7,8)9)34-47(55)64(52)46-33-38(57(4,5)6)30-42-51-54(65(49)53(42)46)41-22-16-17-23-43(41)59(51,10)11/h16-17,22-25,30-36H,18-21,26-29H2,1-15H3. The normalized spacial score (nSPS) is 27.1. The minimum absolute atomic E-state index is 0.0117. The van der Waals surface area contributed by atoms with Crippen molar-refractivity contribution in [1.82, 2.24) is 4.57 Å². The monoisotopic (exact) mass is 884 g/mol. The van der Waals surface area contributed by atoms with Crippen molar-refractivity contribution < 1.29 is 0 Å². The lowest BCUT2D eigenvalue weighted by Gasteiger charge is -2.53. The van der Waals surface area contributed by atoms with Crippen LogP contribution in [0.1, 0.15) is 194 Å². The zero-order valence-electron chi connectivity index (χ0n) is 43.6. The van der Waals surface area contributed by atoms with E-state index in [0.29, 0.717) is 0 Å². The molecule has 1 aromatic heterocycles. The van der Waals surface area contributed by atoms with Crippen molar-refractivity contribution in [2.75, 3.05) is 9.80 Å². The van der Waals surface area contributed by atoms with E-state index in [1.807, 2.05) is 0 Å². The van der Waals surface area contributed by atoms with Gasteiger partial charge in [-0.1, -0.05) is 170 Å². The molecule has 0 spiro atoms. The summed E-state index contributed by atoms with van der Waals surface area (Å²) in [5.74, 6) is 0. The zero-order chi connectivity index (χ0) is 47.1. The van der Waals surface area contributed by atoms with E-state index in [2.05, 4.69) is 197 Å². The molecule has 4 heteroatoms. The average molecular weight is 884 g/mol. The summed E-state index contributed by atoms with van der Waals surface area (Å²) in [6, 6.07) is 33.2. The van der Waals surface area contributed by atoms with E-state index in [9.17, 15) is 0 Å². The van der Waals surface area contributed by atoms with E-state index >= 15 is 0 Å². The second kappa shape index (κ2) is 12.5. The van der Waals surface area contributed by atoms with Crippen LogP contribution in [0.5, 0.6) is 0 Å². The molecule has 4 aliphatic heterocycles. The van der Waals surface area contributed by atoms with Gasteiger partial charge in [-0.3, -0.25) is 0 Å². The van der Waals surface area contributed by atoms with Gasteiger partial charge in [0.15, 0.2) is 0 Å². The number of anilines is 4. The van der Waals surface area contributed by atoms with E-state index < -0.39 is 0 Å². The van der Waals surface area contributed by atoms with Crippen LogP contribution in [0.4, 0.5) is 22.7 Å². The zero-order valence-corrected chi connectivity index (χ0v) is 43.6. The van der Waals surface area contributed by atoms with Gasteiger partial charge in [0.2, 0.25) is 0 Å². The lowest BCUT2D eigenvalue weighted by molar-refractivity contribution is 0.194. The van der Waals surface area contributed by atoms with Crippen molar-refractivity contribution in [2.45, 2.75) is 199 Å². The van der Waals surface area contributed by atoms with Crippen LogP contribution in [0.3, 0.4) is 0 Å². The van der Waals surface area contributed by atoms with E-state index in [1.165, 1.54) is 146 Å². The van der Waals surface area contributed by atoms with Crippen LogP contribution in [0.2, 0.25) is 0 Å². The maximum Gasteiger partial charge on any atom is 0.252 e. The average Bonchev–Trinajstić information content (AvgIpc) is 3.87. The van der Waals surface area contributed by atoms with Gasteiger partial charge in [-0.15, -0.1) is 0 Å². The summed E-state index contributed by atoms with van der Waals surface area (Å²) in [5.41, 5.74) is 26.3. The number of fused-ring (bicyclic) bond motifs is 15. The first-order valence-electron chi connectivity index (χ1n) is 26.3. The Labute approximate surface area is 402 Å². The van der Waals surface area contributed by atoms with Gasteiger partial charge in [0.1, 0.15) is 0 Å². The fraction of sp³-hybridized carbons (Fsp3) is 0.492. The summed E-state index contributed by atoms with van der Waals surface area (Å²) in [6.45, 7) is 37.5. The van der Waals surface area contributed by atoms with Gasteiger partial charge in [0.25, 0.3) is 6.71 Å². The lowest BCUT2D eigenvalue weighted by atomic mass is 9.33. The van der Waals surface area contributed by atoms with E-state index in [0.717, 1.165) is 0 Å². The molecule has 3 nitrogen and oxygen atoms in total. The Morgan fingerprint density at radius 3 is 1.75 bits per heavy atom. The van der Waals surface area contributed by atoms with Gasteiger partial charge in [-0.05, 0) is 135 Å². The minimum Gasteiger partial charge on any atom is -0.335 e. The highest BCUT2D eigenvalue weighted by atomic mass is 15.3. The topological polar surface area (TPSA) is 11.4 Å². The molecule has 5 heterocycles. The molecule has 3 aliphatic carbocycles. The highest BCUT2D eigenvalue weighted by molar-refractivity contribution is 7.00. The van der Waals surface area contributed by atoms with Crippen molar-refractivity contribution in [3.05, 3.63) is 118 Å². The predicted molar refractivity (Wildman–Crippen MR) is 287 cm³/mol. The lowest BCUT2D eigenvalue weighted by Crippen LogP contribution is -2.64. The molecule has 0 N–H and O–H groups in total. The fourth-order valence-corrected chi connectivity index (χ4v) is 16.0.